The molecule has 0 amide bonds. The highest BCUT2D eigenvalue weighted by Gasteiger charge is 2.29. The van der Waals surface area contributed by atoms with Crippen LogP contribution in [0.1, 0.15) is 56.9 Å². The third-order valence-corrected chi connectivity index (χ3v) is 5.17. The van der Waals surface area contributed by atoms with E-state index in [9.17, 15) is 0 Å². The summed E-state index contributed by atoms with van der Waals surface area (Å²) in [5.74, 6) is 7.65. The van der Waals surface area contributed by atoms with Crippen LogP contribution in [-0.4, -0.2) is 30.6 Å². The Bertz CT molecular complexity index is 497. The minimum Gasteiger partial charge on any atom is -0.497 e. The van der Waals surface area contributed by atoms with Crippen LogP contribution in [-0.2, 0) is 0 Å². The molecule has 0 bridgehead atoms. The molecule has 2 fully saturated rings. The van der Waals surface area contributed by atoms with E-state index in [1.54, 1.807) is 7.11 Å². The topological polar surface area (TPSA) is 12.5 Å². The van der Waals surface area contributed by atoms with Gasteiger partial charge < -0.3 is 4.74 Å². The molecule has 0 unspecified atom stereocenters. The largest absolute Gasteiger partial charge is 0.497 e. The number of ether oxygens (including phenoxy) is 1. The monoisotopic (exact) mass is 297 g/mol. The summed E-state index contributed by atoms with van der Waals surface area (Å²) in [4.78, 5) is 2.72. The summed E-state index contributed by atoms with van der Waals surface area (Å²) < 4.78 is 5.19. The zero-order valence-electron chi connectivity index (χ0n) is 13.7. The number of methoxy groups -OCH3 is 1. The van der Waals surface area contributed by atoms with Crippen LogP contribution in [0.4, 0.5) is 0 Å². The minimum absolute atomic E-state index is 0.785. The van der Waals surface area contributed by atoms with Gasteiger partial charge in [0.15, 0.2) is 0 Å². The second kappa shape index (κ2) is 7.70. The van der Waals surface area contributed by atoms with Gasteiger partial charge in [0, 0.05) is 17.6 Å². The number of nitrogens with zero attached hydrogens (tertiary/aromatic N) is 1. The molecule has 2 aliphatic rings. The number of benzene rings is 1. The van der Waals surface area contributed by atoms with Crippen LogP contribution >= 0.6 is 0 Å². The van der Waals surface area contributed by atoms with Crippen molar-refractivity contribution in [2.75, 3.05) is 13.7 Å². The van der Waals surface area contributed by atoms with Gasteiger partial charge in [0.05, 0.1) is 13.7 Å². The highest BCUT2D eigenvalue weighted by molar-refractivity contribution is 5.38. The lowest BCUT2D eigenvalue weighted by atomic mass is 10.1. The van der Waals surface area contributed by atoms with Gasteiger partial charge in [-0.25, -0.2) is 0 Å². The predicted molar refractivity (Wildman–Crippen MR) is 91.1 cm³/mol. The highest BCUT2D eigenvalue weighted by Crippen LogP contribution is 2.31. The van der Waals surface area contributed by atoms with E-state index in [0.29, 0.717) is 0 Å². The average molecular weight is 297 g/mol. The van der Waals surface area contributed by atoms with Gasteiger partial charge in [-0.15, -0.1) is 0 Å². The molecule has 0 radical (unpaired) electrons. The summed E-state index contributed by atoms with van der Waals surface area (Å²) >= 11 is 0. The molecular formula is C20H27NO. The predicted octanol–water partition coefficient (Wildman–Crippen LogP) is 4.23. The molecule has 0 aromatic heterocycles. The number of hydrogen-bond donors (Lipinski definition) is 0. The molecule has 118 valence electrons. The summed E-state index contributed by atoms with van der Waals surface area (Å²) in [5, 5.41) is 0. The smallest absolute Gasteiger partial charge is 0.118 e. The average Bonchev–Trinajstić information content (AvgIpc) is 3.26. The third-order valence-electron chi connectivity index (χ3n) is 5.17. The van der Waals surface area contributed by atoms with Crippen LogP contribution in [0.2, 0.25) is 0 Å². The fourth-order valence-corrected chi connectivity index (χ4v) is 3.94. The van der Waals surface area contributed by atoms with E-state index in [2.05, 4.69) is 16.7 Å². The van der Waals surface area contributed by atoms with Crippen molar-refractivity contribution in [3.05, 3.63) is 29.8 Å². The minimum atomic E-state index is 0.785. The van der Waals surface area contributed by atoms with Gasteiger partial charge in [-0.2, -0.15) is 0 Å². The molecule has 0 saturated heterocycles. The van der Waals surface area contributed by atoms with Crippen LogP contribution in [0.5, 0.6) is 5.75 Å². The summed E-state index contributed by atoms with van der Waals surface area (Å²) in [6, 6.07) is 9.62. The van der Waals surface area contributed by atoms with Gasteiger partial charge in [-0.1, -0.05) is 37.5 Å². The Hall–Kier alpha value is -1.46. The summed E-state index contributed by atoms with van der Waals surface area (Å²) in [6.45, 7) is 0.932. The molecule has 0 N–H and O–H groups in total. The number of hydrogen-bond acceptors (Lipinski definition) is 2. The van der Waals surface area contributed by atoms with Crippen molar-refractivity contribution in [2.45, 2.75) is 63.5 Å². The van der Waals surface area contributed by atoms with Crippen molar-refractivity contribution in [3.8, 4) is 17.6 Å². The Morgan fingerprint density at radius 3 is 2.00 bits per heavy atom. The van der Waals surface area contributed by atoms with E-state index in [1.807, 2.05) is 24.3 Å². The molecular weight excluding hydrogens is 270 g/mol. The molecule has 2 heteroatoms. The van der Waals surface area contributed by atoms with Crippen molar-refractivity contribution < 1.29 is 4.74 Å². The van der Waals surface area contributed by atoms with E-state index >= 15 is 0 Å². The van der Waals surface area contributed by atoms with Crippen LogP contribution < -0.4 is 4.74 Å². The van der Waals surface area contributed by atoms with Gasteiger partial charge in [0.25, 0.3) is 0 Å². The van der Waals surface area contributed by atoms with Gasteiger partial charge >= 0.3 is 0 Å². The Labute approximate surface area is 134 Å². The molecule has 1 aromatic rings. The molecule has 0 heterocycles. The SMILES string of the molecule is COc1ccc(C#CCN(C2CCCC2)C2CCCC2)cc1. The Morgan fingerprint density at radius 1 is 0.955 bits per heavy atom. The molecule has 1 aromatic carbocycles. The molecule has 0 spiro atoms. The van der Waals surface area contributed by atoms with Crippen molar-refractivity contribution in [2.24, 2.45) is 0 Å². The van der Waals surface area contributed by atoms with Gasteiger partial charge in [0.1, 0.15) is 5.75 Å². The van der Waals surface area contributed by atoms with Crippen LogP contribution in [0, 0.1) is 11.8 Å². The maximum atomic E-state index is 5.19. The lowest BCUT2D eigenvalue weighted by Gasteiger charge is -2.32. The van der Waals surface area contributed by atoms with Gasteiger partial charge in [0.2, 0.25) is 0 Å². The second-order valence-corrected chi connectivity index (χ2v) is 6.58. The van der Waals surface area contributed by atoms with Crippen LogP contribution in [0.3, 0.4) is 0 Å². The third kappa shape index (κ3) is 3.84. The molecule has 2 aliphatic carbocycles. The maximum Gasteiger partial charge on any atom is 0.118 e. The van der Waals surface area contributed by atoms with Gasteiger partial charge in [-0.3, -0.25) is 4.90 Å². The normalized spacial score (nSPS) is 19.4. The maximum absolute atomic E-state index is 5.19. The Morgan fingerprint density at radius 2 is 1.50 bits per heavy atom. The fourth-order valence-electron chi connectivity index (χ4n) is 3.94. The molecule has 22 heavy (non-hydrogen) atoms. The van der Waals surface area contributed by atoms with Crippen LogP contribution in [0.15, 0.2) is 24.3 Å². The zero-order valence-corrected chi connectivity index (χ0v) is 13.7. The van der Waals surface area contributed by atoms with Crippen molar-refractivity contribution in [1.82, 2.24) is 4.90 Å². The Kier molecular flexibility index (Phi) is 5.40. The first-order valence-corrected chi connectivity index (χ1v) is 8.75. The summed E-state index contributed by atoms with van der Waals surface area (Å²) in [6.07, 6.45) is 11.1. The lowest BCUT2D eigenvalue weighted by molar-refractivity contribution is 0.158. The molecule has 3 rings (SSSR count). The van der Waals surface area contributed by atoms with E-state index < -0.39 is 0 Å². The molecule has 2 saturated carbocycles. The standard InChI is InChI=1S/C20H27NO/c1-22-20-14-12-17(13-15-20)7-6-16-21(18-8-2-3-9-18)19-10-4-5-11-19/h12-15,18-19H,2-5,8-11,16H2,1H3. The van der Waals surface area contributed by atoms with E-state index in [0.717, 1.165) is 29.9 Å². The molecule has 0 atom stereocenters. The van der Waals surface area contributed by atoms with Crippen molar-refractivity contribution >= 4 is 0 Å². The van der Waals surface area contributed by atoms with Gasteiger partial charge in [-0.05, 0) is 49.9 Å². The summed E-state index contributed by atoms with van der Waals surface area (Å²) in [7, 11) is 1.70. The first-order valence-electron chi connectivity index (χ1n) is 8.75. The molecule has 2 nitrogen and oxygen atoms in total. The lowest BCUT2D eigenvalue weighted by Crippen LogP contribution is -2.40. The molecule has 0 aliphatic heterocycles. The first-order chi connectivity index (χ1) is 10.9. The van der Waals surface area contributed by atoms with E-state index in [-0.39, 0.29) is 0 Å². The first kappa shape index (κ1) is 15.4. The highest BCUT2D eigenvalue weighted by atomic mass is 16.5. The van der Waals surface area contributed by atoms with Crippen molar-refractivity contribution in [3.63, 3.8) is 0 Å². The van der Waals surface area contributed by atoms with E-state index in [4.69, 9.17) is 4.74 Å². The van der Waals surface area contributed by atoms with Crippen molar-refractivity contribution in [1.29, 1.82) is 0 Å². The zero-order chi connectivity index (χ0) is 15.2. The quantitative estimate of drug-likeness (QED) is 0.771. The van der Waals surface area contributed by atoms with Crippen LogP contribution in [0.25, 0.3) is 0 Å². The summed E-state index contributed by atoms with van der Waals surface area (Å²) in [5.41, 5.74) is 1.08. The second-order valence-electron chi connectivity index (χ2n) is 6.58. The van der Waals surface area contributed by atoms with E-state index in [1.165, 1.54) is 51.4 Å². The fraction of sp³-hybridized carbons (Fsp3) is 0.600. The number of rotatable bonds is 4. The Balaban J connectivity index is 1.64.